The zero-order chi connectivity index (χ0) is 12.7. The molecule has 2 N–H and O–H groups in total. The molecule has 1 amide bonds. The van der Waals surface area contributed by atoms with Crippen LogP contribution in [0.5, 0.6) is 0 Å². The molecule has 100 valence electrons. The van der Waals surface area contributed by atoms with Crippen molar-refractivity contribution in [1.29, 1.82) is 0 Å². The van der Waals surface area contributed by atoms with Crippen molar-refractivity contribution in [2.45, 2.75) is 45.6 Å². The Morgan fingerprint density at radius 3 is 2.41 bits per heavy atom. The van der Waals surface area contributed by atoms with Crippen molar-refractivity contribution in [3.8, 4) is 0 Å². The average molecular weight is 241 g/mol. The van der Waals surface area contributed by atoms with Crippen LogP contribution in [0.1, 0.15) is 39.5 Å². The van der Waals surface area contributed by atoms with Crippen molar-refractivity contribution >= 4 is 5.91 Å². The van der Waals surface area contributed by atoms with Crippen LogP contribution in [0.3, 0.4) is 0 Å². The van der Waals surface area contributed by atoms with Crippen LogP contribution in [-0.4, -0.2) is 54.5 Å². The lowest BCUT2D eigenvalue weighted by Gasteiger charge is -2.30. The van der Waals surface area contributed by atoms with Gasteiger partial charge < -0.3 is 15.5 Å². The summed E-state index contributed by atoms with van der Waals surface area (Å²) in [5.74, 6) is 0.295. The van der Waals surface area contributed by atoms with Crippen molar-refractivity contribution in [2.75, 3.05) is 32.7 Å². The van der Waals surface area contributed by atoms with E-state index >= 15 is 0 Å². The molecule has 1 rings (SSSR count). The lowest BCUT2D eigenvalue weighted by Crippen LogP contribution is -2.40. The molecule has 1 fully saturated rings. The molecule has 1 saturated heterocycles. The van der Waals surface area contributed by atoms with Gasteiger partial charge in [-0.05, 0) is 52.7 Å². The van der Waals surface area contributed by atoms with Crippen molar-refractivity contribution in [1.82, 2.24) is 9.80 Å². The Morgan fingerprint density at radius 2 is 1.88 bits per heavy atom. The fraction of sp³-hybridized carbons (Fsp3) is 0.923. The van der Waals surface area contributed by atoms with Gasteiger partial charge in [-0.15, -0.1) is 0 Å². The lowest BCUT2D eigenvalue weighted by atomic mass is 10.1. The smallest absolute Gasteiger partial charge is 0.222 e. The Labute approximate surface area is 105 Å². The number of likely N-dealkylation sites (tertiary alicyclic amines) is 1. The summed E-state index contributed by atoms with van der Waals surface area (Å²) in [6.45, 7) is 8.96. The monoisotopic (exact) mass is 241 g/mol. The van der Waals surface area contributed by atoms with Gasteiger partial charge in [-0.3, -0.25) is 4.79 Å². The molecule has 0 radical (unpaired) electrons. The average Bonchev–Trinajstić information content (AvgIpc) is 2.33. The summed E-state index contributed by atoms with van der Waals surface area (Å²) >= 11 is 0. The Balaban J connectivity index is 2.13. The Bertz CT molecular complexity index is 221. The largest absolute Gasteiger partial charge is 0.343 e. The van der Waals surface area contributed by atoms with Crippen molar-refractivity contribution in [3.63, 3.8) is 0 Å². The standard InChI is InChI=1S/C13H27N3O/c1-3-16(4-2)13(17)6-5-9-15-10-7-12(14)8-11-15/h12H,3-11,14H2,1-2H3. The number of carbonyl (C=O) groups is 1. The van der Waals surface area contributed by atoms with Crippen LogP contribution >= 0.6 is 0 Å². The number of piperidine rings is 1. The van der Waals surface area contributed by atoms with E-state index < -0.39 is 0 Å². The summed E-state index contributed by atoms with van der Waals surface area (Å²) in [6.07, 6.45) is 3.86. The molecule has 1 heterocycles. The minimum Gasteiger partial charge on any atom is -0.343 e. The molecule has 17 heavy (non-hydrogen) atoms. The minimum absolute atomic E-state index is 0.295. The number of hydrogen-bond acceptors (Lipinski definition) is 3. The molecular weight excluding hydrogens is 214 g/mol. The molecule has 0 unspecified atom stereocenters. The summed E-state index contributed by atoms with van der Waals surface area (Å²) in [4.78, 5) is 16.1. The van der Waals surface area contributed by atoms with E-state index in [0.717, 1.165) is 52.0 Å². The molecule has 4 nitrogen and oxygen atoms in total. The highest BCUT2D eigenvalue weighted by Gasteiger charge is 2.16. The number of rotatable bonds is 6. The Hall–Kier alpha value is -0.610. The maximum atomic E-state index is 11.8. The summed E-state index contributed by atoms with van der Waals surface area (Å²) in [7, 11) is 0. The fourth-order valence-corrected chi connectivity index (χ4v) is 2.36. The van der Waals surface area contributed by atoms with Crippen LogP contribution in [-0.2, 0) is 4.79 Å². The molecule has 0 aromatic carbocycles. The SMILES string of the molecule is CCN(CC)C(=O)CCCN1CCC(N)CC1. The van der Waals surface area contributed by atoms with Crippen LogP contribution in [0.4, 0.5) is 0 Å². The molecule has 0 atom stereocenters. The second kappa shape index (κ2) is 7.67. The second-order valence-corrected chi connectivity index (χ2v) is 4.85. The van der Waals surface area contributed by atoms with Crippen molar-refractivity contribution in [3.05, 3.63) is 0 Å². The quantitative estimate of drug-likeness (QED) is 0.756. The zero-order valence-corrected chi connectivity index (χ0v) is 11.3. The normalized spacial score (nSPS) is 18.3. The maximum Gasteiger partial charge on any atom is 0.222 e. The topological polar surface area (TPSA) is 49.6 Å². The van der Waals surface area contributed by atoms with Gasteiger partial charge >= 0.3 is 0 Å². The summed E-state index contributed by atoms with van der Waals surface area (Å²) in [6, 6.07) is 0.392. The van der Waals surface area contributed by atoms with Crippen LogP contribution < -0.4 is 5.73 Å². The number of carbonyl (C=O) groups excluding carboxylic acids is 1. The molecule has 0 aliphatic carbocycles. The minimum atomic E-state index is 0.295. The first kappa shape index (κ1) is 14.5. The first-order chi connectivity index (χ1) is 8.17. The van der Waals surface area contributed by atoms with Gasteiger partial charge in [0.05, 0.1) is 0 Å². The molecule has 0 aromatic heterocycles. The van der Waals surface area contributed by atoms with Crippen molar-refractivity contribution < 1.29 is 4.79 Å². The van der Waals surface area contributed by atoms with E-state index in [1.54, 1.807) is 0 Å². The highest BCUT2D eigenvalue weighted by atomic mass is 16.2. The predicted octanol–water partition coefficient (Wildman–Crippen LogP) is 1.06. The molecular formula is C13H27N3O. The predicted molar refractivity (Wildman–Crippen MR) is 70.8 cm³/mol. The molecule has 0 spiro atoms. The molecule has 4 heteroatoms. The lowest BCUT2D eigenvalue weighted by molar-refractivity contribution is -0.131. The Kier molecular flexibility index (Phi) is 6.52. The Morgan fingerprint density at radius 1 is 1.29 bits per heavy atom. The molecule has 1 aliphatic heterocycles. The van der Waals surface area contributed by atoms with Crippen LogP contribution in [0.25, 0.3) is 0 Å². The third kappa shape index (κ3) is 5.04. The van der Waals surface area contributed by atoms with Crippen LogP contribution in [0, 0.1) is 0 Å². The maximum absolute atomic E-state index is 11.8. The fourth-order valence-electron chi connectivity index (χ4n) is 2.36. The van der Waals surface area contributed by atoms with E-state index in [1.165, 1.54) is 0 Å². The van der Waals surface area contributed by atoms with E-state index in [0.29, 0.717) is 18.4 Å². The number of hydrogen-bond donors (Lipinski definition) is 1. The van der Waals surface area contributed by atoms with Gasteiger partial charge in [-0.2, -0.15) is 0 Å². The summed E-state index contributed by atoms with van der Waals surface area (Å²) in [5.41, 5.74) is 5.86. The zero-order valence-electron chi connectivity index (χ0n) is 11.3. The van der Waals surface area contributed by atoms with E-state index in [9.17, 15) is 4.79 Å². The number of amides is 1. The molecule has 0 bridgehead atoms. The molecule has 0 saturated carbocycles. The van der Waals surface area contributed by atoms with Gasteiger partial charge in [0.25, 0.3) is 0 Å². The van der Waals surface area contributed by atoms with Gasteiger partial charge in [-0.1, -0.05) is 0 Å². The van der Waals surface area contributed by atoms with E-state index in [4.69, 9.17) is 5.73 Å². The van der Waals surface area contributed by atoms with E-state index in [-0.39, 0.29) is 0 Å². The molecule has 1 aliphatic rings. The van der Waals surface area contributed by atoms with E-state index in [1.807, 2.05) is 18.7 Å². The van der Waals surface area contributed by atoms with Crippen LogP contribution in [0.2, 0.25) is 0 Å². The highest BCUT2D eigenvalue weighted by molar-refractivity contribution is 5.76. The van der Waals surface area contributed by atoms with E-state index in [2.05, 4.69) is 4.90 Å². The first-order valence-electron chi connectivity index (χ1n) is 6.93. The summed E-state index contributed by atoms with van der Waals surface area (Å²) < 4.78 is 0. The van der Waals surface area contributed by atoms with Gasteiger partial charge in [0.2, 0.25) is 5.91 Å². The van der Waals surface area contributed by atoms with Crippen molar-refractivity contribution in [2.24, 2.45) is 5.73 Å². The van der Waals surface area contributed by atoms with Gasteiger partial charge in [0.1, 0.15) is 0 Å². The third-order valence-corrected chi connectivity index (χ3v) is 3.61. The van der Waals surface area contributed by atoms with Gasteiger partial charge in [0, 0.05) is 25.6 Å². The molecule has 0 aromatic rings. The third-order valence-electron chi connectivity index (χ3n) is 3.61. The first-order valence-corrected chi connectivity index (χ1v) is 6.93. The highest BCUT2D eigenvalue weighted by Crippen LogP contribution is 2.09. The number of nitrogens with zero attached hydrogens (tertiary/aromatic N) is 2. The second-order valence-electron chi connectivity index (χ2n) is 4.85. The number of nitrogens with two attached hydrogens (primary N) is 1. The van der Waals surface area contributed by atoms with Gasteiger partial charge in [-0.25, -0.2) is 0 Å². The van der Waals surface area contributed by atoms with Gasteiger partial charge in [0.15, 0.2) is 0 Å². The van der Waals surface area contributed by atoms with Crippen LogP contribution in [0.15, 0.2) is 0 Å². The summed E-state index contributed by atoms with van der Waals surface area (Å²) in [5, 5.41) is 0.